The number of ether oxygens (including phenoxy) is 1. The Hall–Kier alpha value is -1.40. The lowest BCUT2D eigenvalue weighted by atomic mass is 10.0. The summed E-state index contributed by atoms with van der Waals surface area (Å²) >= 11 is 0. The molecule has 0 saturated carbocycles. The average molecular weight is 337 g/mol. The number of benzene rings is 1. The van der Waals surface area contributed by atoms with Crippen LogP contribution in [0.2, 0.25) is 0 Å². The molecular formula is C15H23ClF2N2O2. The van der Waals surface area contributed by atoms with Crippen molar-refractivity contribution in [3.8, 4) is 5.75 Å². The molecule has 2 atom stereocenters. The van der Waals surface area contributed by atoms with Gasteiger partial charge in [-0.3, -0.25) is 4.79 Å². The molecule has 3 N–H and O–H groups in total. The monoisotopic (exact) mass is 336 g/mol. The van der Waals surface area contributed by atoms with Crippen LogP contribution in [0.15, 0.2) is 24.3 Å². The number of nitrogens with one attached hydrogen (secondary N) is 1. The van der Waals surface area contributed by atoms with Crippen molar-refractivity contribution in [3.63, 3.8) is 0 Å². The minimum atomic E-state index is -2.87. The van der Waals surface area contributed by atoms with Crippen molar-refractivity contribution in [2.75, 3.05) is 0 Å². The lowest BCUT2D eigenvalue weighted by molar-refractivity contribution is -0.123. The number of hydrogen-bond acceptors (Lipinski definition) is 3. The van der Waals surface area contributed by atoms with Crippen LogP contribution in [0.3, 0.4) is 0 Å². The normalized spacial score (nSPS) is 13.5. The molecule has 22 heavy (non-hydrogen) atoms. The Balaban J connectivity index is 0.00000441. The summed E-state index contributed by atoms with van der Waals surface area (Å²) in [5, 5.41) is 2.77. The highest BCUT2D eigenvalue weighted by molar-refractivity contribution is 5.85. The maximum absolute atomic E-state index is 12.2. The van der Waals surface area contributed by atoms with Crippen molar-refractivity contribution in [2.45, 2.75) is 45.9 Å². The van der Waals surface area contributed by atoms with Gasteiger partial charge in [0.25, 0.3) is 0 Å². The molecule has 0 aliphatic heterocycles. The highest BCUT2D eigenvalue weighted by Gasteiger charge is 2.18. The van der Waals surface area contributed by atoms with E-state index in [1.54, 1.807) is 19.1 Å². The van der Waals surface area contributed by atoms with Gasteiger partial charge in [-0.1, -0.05) is 26.0 Å². The number of carbonyl (C=O) groups excluding carboxylic acids is 1. The largest absolute Gasteiger partial charge is 0.435 e. The summed E-state index contributed by atoms with van der Waals surface area (Å²) in [6.07, 6.45) is 0.590. The second kappa shape index (κ2) is 9.58. The third-order valence-electron chi connectivity index (χ3n) is 3.00. The van der Waals surface area contributed by atoms with Gasteiger partial charge in [0, 0.05) is 0 Å². The van der Waals surface area contributed by atoms with E-state index in [4.69, 9.17) is 5.73 Å². The van der Waals surface area contributed by atoms with Crippen molar-refractivity contribution < 1.29 is 18.3 Å². The summed E-state index contributed by atoms with van der Waals surface area (Å²) in [5.41, 5.74) is 6.48. The lowest BCUT2D eigenvalue weighted by Crippen LogP contribution is -2.42. The van der Waals surface area contributed by atoms with E-state index in [0.717, 1.165) is 0 Å². The molecule has 1 unspecified atom stereocenters. The van der Waals surface area contributed by atoms with Crippen LogP contribution >= 0.6 is 12.4 Å². The molecule has 4 nitrogen and oxygen atoms in total. The van der Waals surface area contributed by atoms with Gasteiger partial charge in [-0.15, -0.1) is 12.4 Å². The summed E-state index contributed by atoms with van der Waals surface area (Å²) in [5.74, 6) is 0.135. The molecule has 0 radical (unpaired) electrons. The van der Waals surface area contributed by atoms with Crippen LogP contribution in [-0.4, -0.2) is 18.6 Å². The molecule has 0 saturated heterocycles. The first-order chi connectivity index (χ1) is 9.79. The van der Waals surface area contributed by atoms with Crippen LogP contribution in [-0.2, 0) is 4.79 Å². The van der Waals surface area contributed by atoms with E-state index in [9.17, 15) is 13.6 Å². The van der Waals surface area contributed by atoms with Gasteiger partial charge in [0.2, 0.25) is 5.91 Å². The van der Waals surface area contributed by atoms with Gasteiger partial charge < -0.3 is 15.8 Å². The predicted molar refractivity (Wildman–Crippen MR) is 84.3 cm³/mol. The van der Waals surface area contributed by atoms with E-state index in [2.05, 4.69) is 10.1 Å². The summed E-state index contributed by atoms with van der Waals surface area (Å²) in [4.78, 5) is 11.9. The smallest absolute Gasteiger partial charge is 0.387 e. The van der Waals surface area contributed by atoms with E-state index in [-0.39, 0.29) is 30.1 Å². The van der Waals surface area contributed by atoms with Crippen molar-refractivity contribution in [1.82, 2.24) is 5.32 Å². The molecule has 7 heteroatoms. The Kier molecular flexibility index (Phi) is 8.97. The third-order valence-corrected chi connectivity index (χ3v) is 3.00. The number of alkyl halides is 2. The molecule has 1 rings (SSSR count). The molecule has 1 aromatic carbocycles. The molecule has 0 fully saturated rings. The molecule has 0 aliphatic rings. The molecule has 0 heterocycles. The van der Waals surface area contributed by atoms with E-state index in [1.807, 2.05) is 13.8 Å². The third kappa shape index (κ3) is 7.04. The zero-order chi connectivity index (χ0) is 16.0. The quantitative estimate of drug-likeness (QED) is 0.803. The van der Waals surface area contributed by atoms with Crippen LogP contribution in [0.25, 0.3) is 0 Å². The number of rotatable bonds is 7. The van der Waals surface area contributed by atoms with Gasteiger partial charge in [-0.2, -0.15) is 8.78 Å². The molecule has 0 aromatic heterocycles. The molecule has 0 bridgehead atoms. The number of nitrogens with two attached hydrogens (primary N) is 1. The van der Waals surface area contributed by atoms with E-state index in [1.165, 1.54) is 12.1 Å². The highest BCUT2D eigenvalue weighted by Crippen LogP contribution is 2.20. The van der Waals surface area contributed by atoms with Crippen LogP contribution in [0, 0.1) is 5.92 Å². The van der Waals surface area contributed by atoms with E-state index < -0.39 is 12.7 Å². The standard InChI is InChI=1S/C15H22F2N2O2.ClH/c1-9(2)7-13(18)14(20)19-10(3)11-5-4-6-12(8-11)21-15(16)17;/h4-6,8-10,13,15H,7,18H2,1-3H3,(H,19,20);1H/t10?,13-;/m0./s1. The van der Waals surface area contributed by atoms with Gasteiger partial charge in [0.1, 0.15) is 5.75 Å². The van der Waals surface area contributed by atoms with Gasteiger partial charge in [-0.05, 0) is 37.0 Å². The predicted octanol–water partition coefficient (Wildman–Crippen LogP) is 3.26. The second-order valence-corrected chi connectivity index (χ2v) is 5.42. The lowest BCUT2D eigenvalue weighted by Gasteiger charge is -2.19. The van der Waals surface area contributed by atoms with E-state index >= 15 is 0 Å². The van der Waals surface area contributed by atoms with Crippen LogP contribution < -0.4 is 15.8 Å². The Labute approximate surface area is 135 Å². The van der Waals surface area contributed by atoms with Crippen molar-refractivity contribution in [2.24, 2.45) is 11.7 Å². The summed E-state index contributed by atoms with van der Waals surface area (Å²) in [7, 11) is 0. The first kappa shape index (κ1) is 20.6. The van der Waals surface area contributed by atoms with Crippen molar-refractivity contribution in [1.29, 1.82) is 0 Å². The summed E-state index contributed by atoms with van der Waals surface area (Å²) < 4.78 is 28.7. The number of carbonyl (C=O) groups is 1. The fraction of sp³-hybridized carbons (Fsp3) is 0.533. The average Bonchev–Trinajstić information content (AvgIpc) is 2.37. The molecule has 0 spiro atoms. The fourth-order valence-corrected chi connectivity index (χ4v) is 1.98. The molecule has 1 aromatic rings. The number of halogens is 3. The van der Waals surface area contributed by atoms with Gasteiger partial charge in [0.05, 0.1) is 12.1 Å². The fourth-order valence-electron chi connectivity index (χ4n) is 1.98. The first-order valence-corrected chi connectivity index (χ1v) is 6.90. The first-order valence-electron chi connectivity index (χ1n) is 6.90. The minimum absolute atomic E-state index is 0. The van der Waals surface area contributed by atoms with E-state index in [0.29, 0.717) is 17.9 Å². The molecule has 1 amide bonds. The van der Waals surface area contributed by atoms with Crippen LogP contribution in [0.5, 0.6) is 5.75 Å². The maximum atomic E-state index is 12.2. The number of hydrogen-bond donors (Lipinski definition) is 2. The summed E-state index contributed by atoms with van der Waals surface area (Å²) in [6.45, 7) is 2.87. The Morgan fingerprint density at radius 3 is 2.50 bits per heavy atom. The molecular weight excluding hydrogens is 314 g/mol. The number of amides is 1. The van der Waals surface area contributed by atoms with Crippen molar-refractivity contribution in [3.05, 3.63) is 29.8 Å². The van der Waals surface area contributed by atoms with Gasteiger partial charge in [0.15, 0.2) is 0 Å². The SMILES string of the molecule is CC(C)C[C@H](N)C(=O)NC(C)c1cccc(OC(F)F)c1.Cl. The zero-order valence-corrected chi connectivity index (χ0v) is 13.7. The molecule has 0 aliphatic carbocycles. The van der Waals surface area contributed by atoms with Gasteiger partial charge in [-0.25, -0.2) is 0 Å². The maximum Gasteiger partial charge on any atom is 0.387 e. The second-order valence-electron chi connectivity index (χ2n) is 5.42. The highest BCUT2D eigenvalue weighted by atomic mass is 35.5. The molecule has 126 valence electrons. The topological polar surface area (TPSA) is 64.4 Å². The zero-order valence-electron chi connectivity index (χ0n) is 12.9. The van der Waals surface area contributed by atoms with Crippen LogP contribution in [0.4, 0.5) is 8.78 Å². The van der Waals surface area contributed by atoms with Crippen LogP contribution in [0.1, 0.15) is 38.8 Å². The van der Waals surface area contributed by atoms with Gasteiger partial charge >= 0.3 is 6.61 Å². The Morgan fingerprint density at radius 1 is 1.32 bits per heavy atom. The minimum Gasteiger partial charge on any atom is -0.435 e. The van der Waals surface area contributed by atoms with Crippen molar-refractivity contribution >= 4 is 18.3 Å². The Bertz CT molecular complexity index is 473. The Morgan fingerprint density at radius 2 is 1.95 bits per heavy atom. The summed E-state index contributed by atoms with van der Waals surface area (Å²) in [6, 6.07) is 5.34.